The number of aromatic nitrogens is 2. The number of phenolic OH excluding ortho intramolecular Hbond substituents is 1. The number of anilines is 1. The van der Waals surface area contributed by atoms with E-state index in [1.807, 2.05) is 0 Å². The molecular weight excluding hydrogens is 471 g/mol. The van der Waals surface area contributed by atoms with Gasteiger partial charge < -0.3 is 10.4 Å². The number of halogens is 1. The number of carbonyl (C=O) groups excluding carboxylic acids is 1. The maximum atomic E-state index is 13.4. The Morgan fingerprint density at radius 3 is 2.43 bits per heavy atom. The summed E-state index contributed by atoms with van der Waals surface area (Å²) in [5, 5.41) is 17.6. The second kappa shape index (κ2) is 9.43. The molecule has 1 saturated heterocycles. The summed E-state index contributed by atoms with van der Waals surface area (Å²) in [6.07, 6.45) is 5.90. The van der Waals surface area contributed by atoms with Gasteiger partial charge in [-0.15, -0.1) is 0 Å². The van der Waals surface area contributed by atoms with Crippen molar-refractivity contribution >= 4 is 21.6 Å². The van der Waals surface area contributed by atoms with Gasteiger partial charge in [0.2, 0.25) is 10.0 Å². The third-order valence-electron chi connectivity index (χ3n) is 6.64. The fraction of sp³-hybridized carbons (Fsp3) is 0.360. The van der Waals surface area contributed by atoms with Crippen LogP contribution in [0.2, 0.25) is 0 Å². The van der Waals surface area contributed by atoms with Gasteiger partial charge >= 0.3 is 0 Å². The Bertz CT molecular complexity index is 1360. The standard InChI is InChI=1S/C25H27FN4O4S/c26-17-8-10-18(11-9-17)30-22-7-3-2-6-20(22)24(28-30)25(32)27-21-16-19(12-13-23(21)31)35(33,34)29-14-4-1-5-15-29/h8-13,16,31H,1-7,14-15H2,(H,27,32). The number of nitrogens with one attached hydrogen (secondary N) is 1. The largest absolute Gasteiger partial charge is 0.506 e. The Labute approximate surface area is 203 Å². The molecule has 5 rings (SSSR count). The third kappa shape index (κ3) is 4.55. The van der Waals surface area contributed by atoms with Gasteiger partial charge in [0.05, 0.1) is 16.3 Å². The molecule has 10 heteroatoms. The van der Waals surface area contributed by atoms with Crippen LogP contribution >= 0.6 is 0 Å². The van der Waals surface area contributed by atoms with Crippen molar-refractivity contribution < 1.29 is 22.7 Å². The molecule has 184 valence electrons. The molecule has 1 fully saturated rings. The number of hydrogen-bond donors (Lipinski definition) is 2. The normalized spacial score (nSPS) is 16.6. The molecule has 1 amide bonds. The van der Waals surface area contributed by atoms with Gasteiger partial charge in [-0.2, -0.15) is 9.40 Å². The molecule has 8 nitrogen and oxygen atoms in total. The van der Waals surface area contributed by atoms with E-state index in [0.717, 1.165) is 49.8 Å². The van der Waals surface area contributed by atoms with Gasteiger partial charge in [0.1, 0.15) is 11.6 Å². The van der Waals surface area contributed by atoms with E-state index in [2.05, 4.69) is 10.4 Å². The Kier molecular flexibility index (Phi) is 6.33. The topological polar surface area (TPSA) is 105 Å². The van der Waals surface area contributed by atoms with Crippen LogP contribution in [0.25, 0.3) is 5.69 Å². The van der Waals surface area contributed by atoms with E-state index in [0.29, 0.717) is 25.2 Å². The lowest BCUT2D eigenvalue weighted by atomic mass is 9.95. The minimum atomic E-state index is -3.73. The van der Waals surface area contributed by atoms with Gasteiger partial charge in [0.25, 0.3) is 5.91 Å². The van der Waals surface area contributed by atoms with Gasteiger partial charge in [-0.1, -0.05) is 6.42 Å². The molecule has 1 aliphatic carbocycles. The average Bonchev–Trinajstić information content (AvgIpc) is 3.26. The van der Waals surface area contributed by atoms with Crippen LogP contribution in [0.15, 0.2) is 47.4 Å². The van der Waals surface area contributed by atoms with Gasteiger partial charge in [0.15, 0.2) is 5.69 Å². The second-order valence-electron chi connectivity index (χ2n) is 8.97. The first-order chi connectivity index (χ1) is 16.8. The fourth-order valence-corrected chi connectivity index (χ4v) is 6.33. The summed E-state index contributed by atoms with van der Waals surface area (Å²) >= 11 is 0. The predicted octanol–water partition coefficient (Wildman–Crippen LogP) is 4.02. The van der Waals surface area contributed by atoms with E-state index in [1.54, 1.807) is 16.8 Å². The molecule has 1 aliphatic heterocycles. The van der Waals surface area contributed by atoms with Crippen molar-refractivity contribution in [3.8, 4) is 11.4 Å². The van der Waals surface area contributed by atoms with E-state index in [9.17, 15) is 22.7 Å². The number of nitrogens with zero attached hydrogens (tertiary/aromatic N) is 3. The van der Waals surface area contributed by atoms with Crippen LogP contribution < -0.4 is 5.32 Å². The maximum absolute atomic E-state index is 13.4. The molecule has 0 bridgehead atoms. The summed E-state index contributed by atoms with van der Waals surface area (Å²) in [6.45, 7) is 0.912. The first kappa shape index (κ1) is 23.5. The Morgan fingerprint density at radius 2 is 1.69 bits per heavy atom. The summed E-state index contributed by atoms with van der Waals surface area (Å²) < 4.78 is 42.7. The number of rotatable bonds is 5. The van der Waals surface area contributed by atoms with Gasteiger partial charge in [-0.05, 0) is 81.0 Å². The predicted molar refractivity (Wildman–Crippen MR) is 129 cm³/mol. The SMILES string of the molecule is O=C(Nc1cc(S(=O)(=O)N2CCCCC2)ccc1O)c1nn(-c2ccc(F)cc2)c2c1CCCC2. The zero-order valence-corrected chi connectivity index (χ0v) is 20.0. The summed E-state index contributed by atoms with van der Waals surface area (Å²) in [5.41, 5.74) is 2.59. The molecule has 35 heavy (non-hydrogen) atoms. The van der Waals surface area contributed by atoms with Crippen LogP contribution in [0, 0.1) is 5.82 Å². The molecule has 2 aromatic carbocycles. The number of piperidine rings is 1. The van der Waals surface area contributed by atoms with E-state index >= 15 is 0 Å². The zero-order chi connectivity index (χ0) is 24.6. The van der Waals surface area contributed by atoms with Crippen LogP contribution in [-0.2, 0) is 22.9 Å². The summed E-state index contributed by atoms with van der Waals surface area (Å²) in [7, 11) is -3.73. The molecule has 3 aromatic rings. The van der Waals surface area contributed by atoms with Crippen LogP contribution in [0.5, 0.6) is 5.75 Å². The smallest absolute Gasteiger partial charge is 0.276 e. The summed E-state index contributed by atoms with van der Waals surface area (Å²) in [6, 6.07) is 9.83. The Morgan fingerprint density at radius 1 is 0.971 bits per heavy atom. The van der Waals surface area contributed by atoms with Gasteiger partial charge in [-0.3, -0.25) is 4.79 Å². The monoisotopic (exact) mass is 498 g/mol. The highest BCUT2D eigenvalue weighted by molar-refractivity contribution is 7.89. The number of fused-ring (bicyclic) bond motifs is 1. The number of carbonyl (C=O) groups is 1. The number of aromatic hydroxyl groups is 1. The second-order valence-corrected chi connectivity index (χ2v) is 10.9. The number of sulfonamides is 1. The van der Waals surface area contributed by atoms with Crippen molar-refractivity contribution in [3.05, 3.63) is 65.2 Å². The first-order valence-electron chi connectivity index (χ1n) is 11.9. The van der Waals surface area contributed by atoms with Crippen molar-refractivity contribution in [2.75, 3.05) is 18.4 Å². The van der Waals surface area contributed by atoms with Crippen molar-refractivity contribution in [3.63, 3.8) is 0 Å². The molecule has 0 saturated carbocycles. The Balaban J connectivity index is 1.46. The van der Waals surface area contributed by atoms with Crippen molar-refractivity contribution in [1.82, 2.24) is 14.1 Å². The van der Waals surface area contributed by atoms with Crippen LogP contribution in [0.4, 0.5) is 10.1 Å². The number of benzene rings is 2. The molecule has 2 aliphatic rings. The average molecular weight is 499 g/mol. The van der Waals surface area contributed by atoms with Crippen molar-refractivity contribution in [2.24, 2.45) is 0 Å². The van der Waals surface area contributed by atoms with E-state index in [4.69, 9.17) is 0 Å². The highest BCUT2D eigenvalue weighted by atomic mass is 32.2. The van der Waals surface area contributed by atoms with E-state index in [-0.39, 0.29) is 27.8 Å². The molecular formula is C25H27FN4O4S. The van der Waals surface area contributed by atoms with Crippen LogP contribution in [-0.4, -0.2) is 46.6 Å². The van der Waals surface area contributed by atoms with Crippen molar-refractivity contribution in [1.29, 1.82) is 0 Å². The van der Waals surface area contributed by atoms with Gasteiger partial charge in [0, 0.05) is 24.3 Å². The van der Waals surface area contributed by atoms with Crippen molar-refractivity contribution in [2.45, 2.75) is 49.8 Å². The lowest BCUT2D eigenvalue weighted by molar-refractivity contribution is 0.102. The third-order valence-corrected chi connectivity index (χ3v) is 8.53. The molecule has 0 spiro atoms. The summed E-state index contributed by atoms with van der Waals surface area (Å²) in [4.78, 5) is 13.3. The lowest BCUT2D eigenvalue weighted by Gasteiger charge is -2.26. The fourth-order valence-electron chi connectivity index (χ4n) is 4.79. The highest BCUT2D eigenvalue weighted by Gasteiger charge is 2.29. The molecule has 2 heterocycles. The molecule has 2 N–H and O–H groups in total. The molecule has 0 atom stereocenters. The number of hydrogen-bond acceptors (Lipinski definition) is 5. The van der Waals surface area contributed by atoms with Crippen LogP contribution in [0.1, 0.15) is 53.8 Å². The lowest BCUT2D eigenvalue weighted by Crippen LogP contribution is -2.35. The summed E-state index contributed by atoms with van der Waals surface area (Å²) in [5.74, 6) is -1.13. The van der Waals surface area contributed by atoms with E-state index < -0.39 is 15.9 Å². The van der Waals surface area contributed by atoms with Crippen LogP contribution in [0.3, 0.4) is 0 Å². The quantitative estimate of drug-likeness (QED) is 0.517. The highest BCUT2D eigenvalue weighted by Crippen LogP contribution is 2.31. The minimum absolute atomic E-state index is 0.00831. The molecule has 0 unspecified atom stereocenters. The van der Waals surface area contributed by atoms with E-state index in [1.165, 1.54) is 34.6 Å². The molecule has 1 aromatic heterocycles. The zero-order valence-electron chi connectivity index (χ0n) is 19.2. The Hall–Kier alpha value is -3.24. The number of phenols is 1. The number of amides is 1. The van der Waals surface area contributed by atoms with Gasteiger partial charge in [-0.25, -0.2) is 17.5 Å². The maximum Gasteiger partial charge on any atom is 0.276 e. The molecule has 0 radical (unpaired) electrons. The minimum Gasteiger partial charge on any atom is -0.506 e. The first-order valence-corrected chi connectivity index (χ1v) is 13.3.